The molecule has 1 N–H and O–H groups in total. The van der Waals surface area contributed by atoms with Gasteiger partial charge in [-0.1, -0.05) is 26.0 Å². The molecule has 0 aromatic carbocycles. The molecule has 4 bridgehead atoms. The van der Waals surface area contributed by atoms with Gasteiger partial charge in [-0.3, -0.25) is 9.59 Å². The lowest BCUT2D eigenvalue weighted by molar-refractivity contribution is -0.137. The molecule has 6 atom stereocenters. The van der Waals surface area contributed by atoms with E-state index in [0.717, 1.165) is 24.0 Å². The van der Waals surface area contributed by atoms with Crippen molar-refractivity contribution in [2.75, 3.05) is 0 Å². The zero-order chi connectivity index (χ0) is 17.2. The Kier molecular flexibility index (Phi) is 2.47. The molecule has 3 aliphatic carbocycles. The number of carbonyl (C=O) groups excluding carboxylic acids is 2. The van der Waals surface area contributed by atoms with Crippen molar-refractivity contribution in [1.29, 1.82) is 0 Å². The molecular formula is C20H24O4. The Morgan fingerprint density at radius 3 is 2.62 bits per heavy atom. The van der Waals surface area contributed by atoms with Crippen LogP contribution in [0.3, 0.4) is 0 Å². The van der Waals surface area contributed by atoms with Crippen LogP contribution in [-0.2, 0) is 14.3 Å². The number of ether oxygens (including phenoxy) is 1. The first-order valence-corrected chi connectivity index (χ1v) is 9.02. The second kappa shape index (κ2) is 3.94. The molecule has 1 spiro atoms. The van der Waals surface area contributed by atoms with E-state index in [1.165, 1.54) is 0 Å². The molecule has 4 heteroatoms. The third-order valence-electron chi connectivity index (χ3n) is 7.82. The second-order valence-electron chi connectivity index (χ2n) is 9.22. The summed E-state index contributed by atoms with van der Waals surface area (Å²) in [6, 6.07) is 0. The first-order chi connectivity index (χ1) is 11.2. The molecule has 0 aromatic heterocycles. The average Bonchev–Trinajstić information content (AvgIpc) is 2.89. The smallest absolute Gasteiger partial charge is 0.170 e. The third kappa shape index (κ3) is 1.27. The summed E-state index contributed by atoms with van der Waals surface area (Å²) in [6.07, 6.45) is 1.62. The lowest BCUT2D eigenvalue weighted by Crippen LogP contribution is -2.53. The summed E-state index contributed by atoms with van der Waals surface area (Å²) in [5, 5.41) is 11.1. The van der Waals surface area contributed by atoms with Crippen LogP contribution >= 0.6 is 0 Å². The Morgan fingerprint density at radius 1 is 1.21 bits per heavy atom. The van der Waals surface area contributed by atoms with Crippen molar-refractivity contribution >= 4 is 11.6 Å². The van der Waals surface area contributed by atoms with Gasteiger partial charge >= 0.3 is 0 Å². The zero-order valence-corrected chi connectivity index (χ0v) is 14.5. The van der Waals surface area contributed by atoms with Gasteiger partial charge in [0.15, 0.2) is 11.6 Å². The Balaban J connectivity index is 1.75. The lowest BCUT2D eigenvalue weighted by atomic mass is 9.59. The first-order valence-electron chi connectivity index (χ1n) is 9.02. The Bertz CT molecular complexity index is 760. The van der Waals surface area contributed by atoms with Crippen LogP contribution in [0.5, 0.6) is 0 Å². The van der Waals surface area contributed by atoms with Crippen molar-refractivity contribution in [3.05, 3.63) is 23.3 Å². The zero-order valence-electron chi connectivity index (χ0n) is 14.5. The van der Waals surface area contributed by atoms with Gasteiger partial charge in [0.25, 0.3) is 0 Å². The van der Waals surface area contributed by atoms with E-state index >= 15 is 0 Å². The number of hydrogen-bond donors (Lipinski definition) is 1. The summed E-state index contributed by atoms with van der Waals surface area (Å²) >= 11 is 0. The fourth-order valence-corrected chi connectivity index (χ4v) is 6.84. The lowest BCUT2D eigenvalue weighted by Gasteiger charge is -2.42. The molecule has 2 heterocycles. The highest BCUT2D eigenvalue weighted by molar-refractivity contribution is 6.07. The van der Waals surface area contributed by atoms with Crippen LogP contribution in [-0.4, -0.2) is 34.5 Å². The number of Topliss-reactive ketones (excluding diaryl/α,β-unsaturated/α-hetero) is 2. The van der Waals surface area contributed by atoms with Crippen molar-refractivity contribution in [1.82, 2.24) is 0 Å². The maximum atomic E-state index is 13.2. The van der Waals surface area contributed by atoms with Gasteiger partial charge in [-0.2, -0.15) is 0 Å². The highest BCUT2D eigenvalue weighted by Crippen LogP contribution is 2.70. The van der Waals surface area contributed by atoms with Gasteiger partial charge in [0, 0.05) is 23.8 Å². The quantitative estimate of drug-likeness (QED) is 0.693. The number of fused-ring (bicyclic) bond motifs is 5. The van der Waals surface area contributed by atoms with Crippen LogP contribution in [0.15, 0.2) is 23.3 Å². The average molecular weight is 328 g/mol. The summed E-state index contributed by atoms with van der Waals surface area (Å²) in [5.74, 6) is -0.117. The van der Waals surface area contributed by atoms with Crippen molar-refractivity contribution in [2.45, 2.75) is 64.3 Å². The minimum absolute atomic E-state index is 0.0114. The first kappa shape index (κ1) is 15.0. The number of hydrogen-bond acceptors (Lipinski definition) is 4. The molecule has 0 radical (unpaired) electrons. The predicted octanol–water partition coefficient (Wildman–Crippen LogP) is 2.36. The molecule has 3 fully saturated rings. The van der Waals surface area contributed by atoms with Crippen LogP contribution in [0, 0.1) is 22.7 Å². The van der Waals surface area contributed by atoms with Crippen molar-refractivity contribution in [3.63, 3.8) is 0 Å². The molecule has 2 saturated carbocycles. The second-order valence-corrected chi connectivity index (χ2v) is 9.22. The van der Waals surface area contributed by atoms with Gasteiger partial charge in [0.2, 0.25) is 0 Å². The van der Waals surface area contributed by atoms with Gasteiger partial charge in [-0.15, -0.1) is 0 Å². The standard InChI is InChI=1S/C20H24O4/c1-9-10-5-6-13-19(4)15-11(18(2,3)8-12(15)21)7-14(24-19)20(13,16(9)22)17(10)23/h10,13-14,17,23H,1,5-8H2,2-4H3/t10-,13-,14+,17+,19+,20-/m0/s1. The molecule has 5 aliphatic rings. The van der Waals surface area contributed by atoms with Crippen molar-refractivity contribution < 1.29 is 19.4 Å². The number of aliphatic hydroxyl groups excluding tert-OH is 1. The maximum Gasteiger partial charge on any atom is 0.170 e. The van der Waals surface area contributed by atoms with Crippen molar-refractivity contribution in [2.24, 2.45) is 22.7 Å². The van der Waals surface area contributed by atoms with E-state index < -0.39 is 17.1 Å². The van der Waals surface area contributed by atoms with Gasteiger partial charge in [0.05, 0.1) is 23.2 Å². The fourth-order valence-electron chi connectivity index (χ4n) is 6.84. The summed E-state index contributed by atoms with van der Waals surface area (Å²) in [6.45, 7) is 10.2. The van der Waals surface area contributed by atoms with Crippen LogP contribution in [0.2, 0.25) is 0 Å². The minimum atomic E-state index is -0.893. The maximum absolute atomic E-state index is 13.2. The Hall–Kier alpha value is -1.26. The molecule has 1 saturated heterocycles. The summed E-state index contributed by atoms with van der Waals surface area (Å²) < 4.78 is 6.42. The summed E-state index contributed by atoms with van der Waals surface area (Å²) in [5.41, 5.74) is 0.717. The van der Waals surface area contributed by atoms with E-state index in [2.05, 4.69) is 20.4 Å². The molecule has 2 aliphatic heterocycles. The third-order valence-corrected chi connectivity index (χ3v) is 7.82. The van der Waals surface area contributed by atoms with Gasteiger partial charge < -0.3 is 9.84 Å². The van der Waals surface area contributed by atoms with Crippen LogP contribution in [0.4, 0.5) is 0 Å². The van der Waals surface area contributed by atoms with E-state index in [9.17, 15) is 14.7 Å². The fraction of sp³-hybridized carbons (Fsp3) is 0.700. The highest BCUT2D eigenvalue weighted by Gasteiger charge is 2.77. The van der Waals surface area contributed by atoms with E-state index in [-0.39, 0.29) is 34.9 Å². The van der Waals surface area contributed by atoms with Gasteiger partial charge in [0.1, 0.15) is 0 Å². The normalized spacial score (nSPS) is 51.2. The molecular weight excluding hydrogens is 304 g/mol. The highest BCUT2D eigenvalue weighted by atomic mass is 16.5. The van der Waals surface area contributed by atoms with Crippen LogP contribution in [0.25, 0.3) is 0 Å². The van der Waals surface area contributed by atoms with Gasteiger partial charge in [-0.25, -0.2) is 0 Å². The summed E-state index contributed by atoms with van der Waals surface area (Å²) in [4.78, 5) is 26.0. The van der Waals surface area contributed by atoms with E-state index in [0.29, 0.717) is 18.4 Å². The topological polar surface area (TPSA) is 63.6 Å². The van der Waals surface area contributed by atoms with E-state index in [1.807, 2.05) is 6.92 Å². The Labute approximate surface area is 141 Å². The molecule has 0 unspecified atom stereocenters. The molecule has 0 amide bonds. The van der Waals surface area contributed by atoms with Gasteiger partial charge in [-0.05, 0) is 37.2 Å². The predicted molar refractivity (Wildman–Crippen MR) is 87.1 cm³/mol. The number of aliphatic hydroxyl groups is 1. The monoisotopic (exact) mass is 328 g/mol. The van der Waals surface area contributed by atoms with Crippen LogP contribution < -0.4 is 0 Å². The largest absolute Gasteiger partial charge is 0.391 e. The molecule has 128 valence electrons. The molecule has 4 nitrogen and oxygen atoms in total. The number of carbonyl (C=O) groups is 2. The molecule has 0 aromatic rings. The number of ketones is 2. The van der Waals surface area contributed by atoms with E-state index in [1.54, 1.807) is 0 Å². The minimum Gasteiger partial charge on any atom is -0.391 e. The van der Waals surface area contributed by atoms with E-state index in [4.69, 9.17) is 4.74 Å². The number of rotatable bonds is 0. The Morgan fingerprint density at radius 2 is 1.92 bits per heavy atom. The molecule has 24 heavy (non-hydrogen) atoms. The SMILES string of the molecule is C=C1C(=O)[C@]23[C@H](O)[C@H]1CC[C@H]2[C@@]1(C)O[C@@H]3CC2=C1C(=O)CC2(C)C. The summed E-state index contributed by atoms with van der Waals surface area (Å²) in [7, 11) is 0. The van der Waals surface area contributed by atoms with Crippen molar-refractivity contribution in [3.8, 4) is 0 Å². The molecule has 5 rings (SSSR count). The van der Waals surface area contributed by atoms with Crippen LogP contribution in [0.1, 0.15) is 46.5 Å².